The summed E-state index contributed by atoms with van der Waals surface area (Å²) in [6.07, 6.45) is 1.54. The van der Waals surface area contributed by atoms with Crippen LogP contribution in [0.15, 0.2) is 35.6 Å². The monoisotopic (exact) mass is 551 g/mol. The number of benzene rings is 1. The van der Waals surface area contributed by atoms with E-state index in [-0.39, 0.29) is 35.9 Å². The summed E-state index contributed by atoms with van der Waals surface area (Å²) in [5.74, 6) is -0.907. The molecule has 0 radical (unpaired) electrons. The van der Waals surface area contributed by atoms with E-state index in [1.165, 1.54) is 29.0 Å². The van der Waals surface area contributed by atoms with Gasteiger partial charge < -0.3 is 14.0 Å². The lowest BCUT2D eigenvalue weighted by Crippen LogP contribution is -2.12. The van der Waals surface area contributed by atoms with Crippen molar-refractivity contribution in [2.24, 2.45) is 0 Å². The van der Waals surface area contributed by atoms with Crippen LogP contribution in [0, 0.1) is 27.7 Å². The average molecular weight is 552 g/mol. The molecule has 0 fully saturated rings. The molecule has 0 amide bonds. The number of aryl methyl sites for hydroxylation is 3. The first-order chi connectivity index (χ1) is 18.2. The molecule has 0 atom stereocenters. The van der Waals surface area contributed by atoms with Crippen molar-refractivity contribution in [1.82, 2.24) is 14.5 Å². The summed E-state index contributed by atoms with van der Waals surface area (Å²) in [6, 6.07) is 6.61. The first-order valence-corrected chi connectivity index (χ1v) is 14.0. The standard InChI is InChI=1S/C28H29N3O5S2/c1-7-35-27(33)19-10-20(28(34)36-8-2)12-21(11-19)31-15(3)9-22(17(31)5)23(32)13-37-25-24-16(4)18(6)38-26(24)30-14-29-25/h9-12,14H,7-8,13H2,1-6H3. The summed E-state index contributed by atoms with van der Waals surface area (Å²) in [5.41, 5.74) is 4.24. The van der Waals surface area contributed by atoms with Gasteiger partial charge in [-0.25, -0.2) is 19.6 Å². The lowest BCUT2D eigenvalue weighted by Gasteiger charge is -2.14. The third-order valence-electron chi connectivity index (χ3n) is 6.20. The average Bonchev–Trinajstić information content (AvgIpc) is 3.36. The zero-order valence-electron chi connectivity index (χ0n) is 22.2. The molecular weight excluding hydrogens is 522 g/mol. The largest absolute Gasteiger partial charge is 0.462 e. The van der Waals surface area contributed by atoms with Crippen LogP contribution in [0.1, 0.15) is 66.7 Å². The summed E-state index contributed by atoms with van der Waals surface area (Å²) >= 11 is 3.02. The van der Waals surface area contributed by atoms with Crippen molar-refractivity contribution in [3.63, 3.8) is 0 Å². The second kappa shape index (κ2) is 11.5. The van der Waals surface area contributed by atoms with Gasteiger partial charge in [0.2, 0.25) is 0 Å². The number of Topliss-reactive ketones (excluding diaryl/α,β-unsaturated/α-hetero) is 1. The smallest absolute Gasteiger partial charge is 0.338 e. The number of hydrogen-bond acceptors (Lipinski definition) is 9. The van der Waals surface area contributed by atoms with Gasteiger partial charge in [0.1, 0.15) is 16.2 Å². The maximum absolute atomic E-state index is 13.4. The van der Waals surface area contributed by atoms with Crippen LogP contribution in [0.4, 0.5) is 0 Å². The fraction of sp³-hybridized carbons (Fsp3) is 0.321. The Bertz CT molecular complexity index is 1520. The molecule has 10 heteroatoms. The summed E-state index contributed by atoms with van der Waals surface area (Å²) in [7, 11) is 0. The van der Waals surface area contributed by atoms with Crippen molar-refractivity contribution in [1.29, 1.82) is 0 Å². The molecule has 8 nitrogen and oxygen atoms in total. The molecule has 4 rings (SSSR count). The lowest BCUT2D eigenvalue weighted by atomic mass is 10.1. The molecule has 0 aliphatic rings. The van der Waals surface area contributed by atoms with E-state index in [0.29, 0.717) is 16.9 Å². The summed E-state index contributed by atoms with van der Waals surface area (Å²) in [5, 5.41) is 1.79. The minimum atomic E-state index is -0.537. The molecule has 0 unspecified atom stereocenters. The Morgan fingerprint density at radius 3 is 2.16 bits per heavy atom. The number of fused-ring (bicyclic) bond motifs is 1. The third-order valence-corrected chi connectivity index (χ3v) is 8.31. The highest BCUT2D eigenvalue weighted by Crippen LogP contribution is 2.35. The number of esters is 2. The number of nitrogens with zero attached hydrogens (tertiary/aromatic N) is 3. The Balaban J connectivity index is 1.67. The Hall–Kier alpha value is -3.50. The van der Waals surface area contributed by atoms with Crippen LogP contribution in [0.2, 0.25) is 0 Å². The summed E-state index contributed by atoms with van der Waals surface area (Å²) < 4.78 is 12.2. The minimum Gasteiger partial charge on any atom is -0.462 e. The van der Waals surface area contributed by atoms with E-state index in [2.05, 4.69) is 16.9 Å². The number of ketones is 1. The molecule has 0 N–H and O–H groups in total. The highest BCUT2D eigenvalue weighted by molar-refractivity contribution is 8.00. The fourth-order valence-corrected chi connectivity index (χ4v) is 6.32. The number of hydrogen-bond donors (Lipinski definition) is 0. The Morgan fingerprint density at radius 1 is 0.921 bits per heavy atom. The normalized spacial score (nSPS) is 11.1. The van der Waals surface area contributed by atoms with Gasteiger partial charge in [-0.15, -0.1) is 11.3 Å². The number of thiophene rings is 1. The Morgan fingerprint density at radius 2 is 1.55 bits per heavy atom. The van der Waals surface area contributed by atoms with E-state index < -0.39 is 11.9 Å². The van der Waals surface area contributed by atoms with Crippen LogP contribution < -0.4 is 0 Å². The number of carbonyl (C=O) groups is 3. The second-order valence-electron chi connectivity index (χ2n) is 8.68. The highest BCUT2D eigenvalue weighted by Gasteiger charge is 2.21. The first-order valence-electron chi connectivity index (χ1n) is 12.2. The topological polar surface area (TPSA) is 100 Å². The summed E-state index contributed by atoms with van der Waals surface area (Å²) in [4.78, 5) is 49.3. The second-order valence-corrected chi connectivity index (χ2v) is 10.9. The van der Waals surface area contributed by atoms with Gasteiger partial charge in [0.05, 0.1) is 30.1 Å². The lowest BCUT2D eigenvalue weighted by molar-refractivity contribution is 0.0525. The van der Waals surface area contributed by atoms with Crippen molar-refractivity contribution >= 4 is 51.0 Å². The first kappa shape index (κ1) is 27.5. The molecular formula is C28H29N3O5S2. The number of aromatic nitrogens is 3. The van der Waals surface area contributed by atoms with Gasteiger partial charge in [0, 0.05) is 32.9 Å². The van der Waals surface area contributed by atoms with Crippen molar-refractivity contribution in [3.05, 3.63) is 69.1 Å². The van der Waals surface area contributed by atoms with E-state index in [4.69, 9.17) is 9.47 Å². The maximum atomic E-state index is 13.4. The van der Waals surface area contributed by atoms with Gasteiger partial charge in [0.25, 0.3) is 0 Å². The van der Waals surface area contributed by atoms with Crippen LogP contribution in [0.3, 0.4) is 0 Å². The zero-order valence-corrected chi connectivity index (χ0v) is 23.8. The van der Waals surface area contributed by atoms with Gasteiger partial charge in [-0.3, -0.25) is 4.79 Å². The molecule has 0 spiro atoms. The van der Waals surface area contributed by atoms with Gasteiger partial charge in [-0.05, 0) is 71.4 Å². The molecule has 3 aromatic heterocycles. The molecule has 0 bridgehead atoms. The van der Waals surface area contributed by atoms with E-state index in [1.54, 1.807) is 37.3 Å². The minimum absolute atomic E-state index is 0.0436. The van der Waals surface area contributed by atoms with Crippen LogP contribution in [0.25, 0.3) is 15.9 Å². The molecule has 198 valence electrons. The van der Waals surface area contributed by atoms with E-state index in [0.717, 1.165) is 26.5 Å². The van der Waals surface area contributed by atoms with Crippen molar-refractivity contribution in [2.45, 2.75) is 46.6 Å². The molecule has 0 saturated carbocycles. The molecule has 4 aromatic rings. The van der Waals surface area contributed by atoms with Crippen LogP contribution in [-0.2, 0) is 9.47 Å². The molecule has 0 saturated heterocycles. The van der Waals surface area contributed by atoms with Crippen LogP contribution in [0.5, 0.6) is 0 Å². The third kappa shape index (κ3) is 5.37. The van der Waals surface area contributed by atoms with Gasteiger partial charge in [-0.1, -0.05) is 11.8 Å². The number of rotatable bonds is 9. The Kier molecular flexibility index (Phi) is 8.32. The van der Waals surface area contributed by atoms with Gasteiger partial charge >= 0.3 is 11.9 Å². The van der Waals surface area contributed by atoms with E-state index in [9.17, 15) is 14.4 Å². The predicted octanol–water partition coefficient (Wildman–Crippen LogP) is 6.04. The van der Waals surface area contributed by atoms with Crippen molar-refractivity contribution in [3.8, 4) is 5.69 Å². The Labute approximate surface area is 229 Å². The van der Waals surface area contributed by atoms with Gasteiger partial charge in [-0.2, -0.15) is 0 Å². The molecule has 38 heavy (non-hydrogen) atoms. The van der Waals surface area contributed by atoms with Crippen molar-refractivity contribution in [2.75, 3.05) is 19.0 Å². The molecule has 1 aromatic carbocycles. The number of thioether (sulfide) groups is 1. The number of carbonyl (C=O) groups excluding carboxylic acids is 3. The molecule has 0 aliphatic heterocycles. The number of ether oxygens (including phenoxy) is 2. The predicted molar refractivity (Wildman–Crippen MR) is 149 cm³/mol. The molecule has 0 aliphatic carbocycles. The quantitative estimate of drug-likeness (QED) is 0.107. The van der Waals surface area contributed by atoms with E-state index in [1.807, 2.05) is 31.4 Å². The maximum Gasteiger partial charge on any atom is 0.338 e. The van der Waals surface area contributed by atoms with Gasteiger partial charge in [0.15, 0.2) is 5.78 Å². The summed E-state index contributed by atoms with van der Waals surface area (Å²) in [6.45, 7) is 11.7. The fourth-order valence-electron chi connectivity index (χ4n) is 4.32. The van der Waals surface area contributed by atoms with E-state index >= 15 is 0 Å². The van der Waals surface area contributed by atoms with Crippen molar-refractivity contribution < 1.29 is 23.9 Å². The van der Waals surface area contributed by atoms with Crippen LogP contribution in [-0.4, -0.2) is 51.2 Å². The SMILES string of the molecule is CCOC(=O)c1cc(C(=O)OCC)cc(-n2c(C)cc(C(=O)CSc3ncnc4sc(C)c(C)c34)c2C)c1. The highest BCUT2D eigenvalue weighted by atomic mass is 32.2. The van der Waals surface area contributed by atoms with Crippen LogP contribution >= 0.6 is 23.1 Å². The zero-order chi connectivity index (χ0) is 27.6. The molecule has 3 heterocycles.